The average molecular weight is 305 g/mol. The van der Waals surface area contributed by atoms with E-state index in [0.717, 1.165) is 6.54 Å². The largest absolute Gasteiger partial charge is 0.311 e. The van der Waals surface area contributed by atoms with Crippen molar-refractivity contribution in [2.24, 2.45) is 0 Å². The molecule has 0 bridgehead atoms. The topological polar surface area (TPSA) is 15.3 Å². The predicted octanol–water partition coefficient (Wildman–Crippen LogP) is 3.70. The minimum absolute atomic E-state index is 0.530. The second-order valence-electron chi connectivity index (χ2n) is 6.61. The Kier molecular flexibility index (Phi) is 4.92. The minimum Gasteiger partial charge on any atom is -0.311 e. The monoisotopic (exact) mass is 304 g/mol. The Balaban J connectivity index is 1.77. The molecule has 0 radical (unpaired) electrons. The van der Waals surface area contributed by atoms with Crippen LogP contribution in [0.2, 0.25) is 0 Å². The summed E-state index contributed by atoms with van der Waals surface area (Å²) >= 11 is 2.10. The molecule has 1 heterocycles. The van der Waals surface area contributed by atoms with Gasteiger partial charge in [0.1, 0.15) is 0 Å². The molecule has 2 nitrogen and oxygen atoms in total. The quantitative estimate of drug-likeness (QED) is 0.893. The summed E-state index contributed by atoms with van der Waals surface area (Å²) in [5.41, 5.74) is 1.47. The van der Waals surface area contributed by atoms with Crippen molar-refractivity contribution in [1.82, 2.24) is 10.2 Å². The fourth-order valence-corrected chi connectivity index (χ4v) is 4.69. The van der Waals surface area contributed by atoms with Gasteiger partial charge >= 0.3 is 0 Å². The van der Waals surface area contributed by atoms with Crippen LogP contribution in [0.4, 0.5) is 0 Å². The van der Waals surface area contributed by atoms with Crippen molar-refractivity contribution >= 4 is 11.8 Å². The number of hydrogen-bond acceptors (Lipinski definition) is 3. The third kappa shape index (κ3) is 3.30. The molecule has 2 aliphatic rings. The fourth-order valence-electron chi connectivity index (χ4n) is 3.70. The van der Waals surface area contributed by atoms with Crippen molar-refractivity contribution in [3.05, 3.63) is 35.9 Å². The van der Waals surface area contributed by atoms with E-state index in [-0.39, 0.29) is 0 Å². The van der Waals surface area contributed by atoms with E-state index in [9.17, 15) is 0 Å². The van der Waals surface area contributed by atoms with Gasteiger partial charge < -0.3 is 5.32 Å². The van der Waals surface area contributed by atoms with Crippen LogP contribution in [-0.2, 0) is 0 Å². The highest BCUT2D eigenvalue weighted by Crippen LogP contribution is 2.44. The van der Waals surface area contributed by atoms with Crippen molar-refractivity contribution < 1.29 is 0 Å². The number of nitrogens with zero attached hydrogens (tertiary/aromatic N) is 1. The van der Waals surface area contributed by atoms with Crippen molar-refractivity contribution in [3.8, 4) is 0 Å². The highest BCUT2D eigenvalue weighted by atomic mass is 32.2. The maximum atomic E-state index is 3.74. The molecule has 21 heavy (non-hydrogen) atoms. The van der Waals surface area contributed by atoms with Gasteiger partial charge in [0.2, 0.25) is 0 Å². The number of nitrogens with one attached hydrogen (secondary N) is 1. The van der Waals surface area contributed by atoms with Gasteiger partial charge in [-0.2, -0.15) is 11.8 Å². The molecular weight excluding hydrogens is 276 g/mol. The van der Waals surface area contributed by atoms with Crippen molar-refractivity contribution in [2.45, 2.75) is 49.4 Å². The van der Waals surface area contributed by atoms with Crippen LogP contribution >= 0.6 is 11.8 Å². The molecule has 1 saturated heterocycles. The maximum Gasteiger partial charge on any atom is 0.0474 e. The molecule has 2 atom stereocenters. The highest BCUT2D eigenvalue weighted by Gasteiger charge is 2.40. The molecular formula is C18H28N2S. The molecule has 1 aliphatic carbocycles. The lowest BCUT2D eigenvalue weighted by atomic mass is 9.83. The van der Waals surface area contributed by atoms with E-state index >= 15 is 0 Å². The summed E-state index contributed by atoms with van der Waals surface area (Å²) < 4.78 is 0.530. The lowest BCUT2D eigenvalue weighted by Gasteiger charge is -2.49. The predicted molar refractivity (Wildman–Crippen MR) is 92.9 cm³/mol. The third-order valence-corrected chi connectivity index (χ3v) is 6.77. The Bertz CT molecular complexity index is 438. The first-order valence-corrected chi connectivity index (χ1v) is 9.56. The van der Waals surface area contributed by atoms with Crippen LogP contribution in [0, 0.1) is 0 Å². The Morgan fingerprint density at radius 1 is 1.29 bits per heavy atom. The van der Waals surface area contributed by atoms with Gasteiger partial charge in [0.05, 0.1) is 0 Å². The fraction of sp³-hybridized carbons (Fsp3) is 0.667. The molecule has 2 unspecified atom stereocenters. The standard InChI is InChI=1S/C18H28N2S/c1-3-16-13-20(14-18(21-2)10-7-11-18)17(12-19-16)15-8-5-4-6-9-15/h4-6,8-9,16-17,19H,3,7,10-14H2,1-2H3. The normalized spacial score (nSPS) is 29.0. The highest BCUT2D eigenvalue weighted by molar-refractivity contribution is 8.00. The number of rotatable bonds is 5. The molecule has 1 aliphatic heterocycles. The number of thioether (sulfide) groups is 1. The molecule has 2 fully saturated rings. The van der Waals surface area contributed by atoms with Crippen molar-refractivity contribution in [3.63, 3.8) is 0 Å². The molecule has 0 amide bonds. The Labute approximate surface area is 133 Å². The maximum absolute atomic E-state index is 3.74. The van der Waals surface area contributed by atoms with Crippen molar-refractivity contribution in [2.75, 3.05) is 25.9 Å². The molecule has 3 rings (SSSR count). The summed E-state index contributed by atoms with van der Waals surface area (Å²) in [4.78, 5) is 2.76. The molecule has 3 heteroatoms. The summed E-state index contributed by atoms with van der Waals surface area (Å²) in [6.07, 6.45) is 7.74. The lowest BCUT2D eigenvalue weighted by molar-refractivity contribution is 0.0992. The Hall–Kier alpha value is -0.510. The van der Waals surface area contributed by atoms with Crippen LogP contribution < -0.4 is 5.32 Å². The Morgan fingerprint density at radius 3 is 2.62 bits per heavy atom. The second kappa shape index (κ2) is 6.72. The van der Waals surface area contributed by atoms with Crippen LogP contribution in [0.1, 0.15) is 44.2 Å². The first-order chi connectivity index (χ1) is 10.3. The summed E-state index contributed by atoms with van der Waals surface area (Å²) in [7, 11) is 0. The molecule has 0 spiro atoms. The van der Waals surface area contributed by atoms with Crippen LogP contribution in [0.15, 0.2) is 30.3 Å². The molecule has 116 valence electrons. The second-order valence-corrected chi connectivity index (χ2v) is 7.88. The van der Waals surface area contributed by atoms with E-state index < -0.39 is 0 Å². The zero-order chi connectivity index (χ0) is 14.7. The Morgan fingerprint density at radius 2 is 2.05 bits per heavy atom. The number of benzene rings is 1. The van der Waals surface area contributed by atoms with E-state index in [2.05, 4.69) is 65.5 Å². The van der Waals surface area contributed by atoms with Gasteiger partial charge in [0, 0.05) is 36.5 Å². The van der Waals surface area contributed by atoms with Gasteiger partial charge in [-0.25, -0.2) is 0 Å². The molecule has 1 N–H and O–H groups in total. The van der Waals surface area contributed by atoms with E-state index in [4.69, 9.17) is 0 Å². The summed E-state index contributed by atoms with van der Waals surface area (Å²) in [5, 5.41) is 3.74. The van der Waals surface area contributed by atoms with Crippen LogP contribution in [0.5, 0.6) is 0 Å². The van der Waals surface area contributed by atoms with Gasteiger partial charge in [-0.3, -0.25) is 4.90 Å². The summed E-state index contributed by atoms with van der Waals surface area (Å²) in [6.45, 7) is 5.84. The van der Waals surface area contributed by atoms with Gasteiger partial charge in [0.15, 0.2) is 0 Å². The summed E-state index contributed by atoms with van der Waals surface area (Å²) in [5.74, 6) is 0. The third-order valence-electron chi connectivity index (χ3n) is 5.36. The first kappa shape index (κ1) is 15.4. The zero-order valence-electron chi connectivity index (χ0n) is 13.3. The van der Waals surface area contributed by atoms with E-state index in [1.165, 1.54) is 44.3 Å². The van der Waals surface area contributed by atoms with Crippen LogP contribution in [0.25, 0.3) is 0 Å². The van der Waals surface area contributed by atoms with Gasteiger partial charge in [0.25, 0.3) is 0 Å². The van der Waals surface area contributed by atoms with Crippen LogP contribution in [0.3, 0.4) is 0 Å². The van der Waals surface area contributed by atoms with Gasteiger partial charge in [-0.15, -0.1) is 0 Å². The molecule has 1 aromatic rings. The van der Waals surface area contributed by atoms with E-state index in [1.54, 1.807) is 0 Å². The molecule has 1 aromatic carbocycles. The SMILES string of the molecule is CCC1CN(CC2(SC)CCC2)C(c2ccccc2)CN1. The van der Waals surface area contributed by atoms with E-state index in [0.29, 0.717) is 16.8 Å². The van der Waals surface area contributed by atoms with E-state index in [1.807, 2.05) is 0 Å². The van der Waals surface area contributed by atoms with Gasteiger partial charge in [-0.1, -0.05) is 43.7 Å². The zero-order valence-corrected chi connectivity index (χ0v) is 14.2. The van der Waals surface area contributed by atoms with Gasteiger partial charge in [-0.05, 0) is 31.1 Å². The van der Waals surface area contributed by atoms with Crippen LogP contribution in [-0.4, -0.2) is 41.6 Å². The lowest BCUT2D eigenvalue weighted by Crippen LogP contribution is -2.56. The minimum atomic E-state index is 0.530. The summed E-state index contributed by atoms with van der Waals surface area (Å²) in [6, 6.07) is 12.2. The molecule has 1 saturated carbocycles. The first-order valence-electron chi connectivity index (χ1n) is 8.34. The number of hydrogen-bond donors (Lipinski definition) is 1. The number of piperazine rings is 1. The smallest absolute Gasteiger partial charge is 0.0474 e. The average Bonchev–Trinajstić information content (AvgIpc) is 2.51. The molecule has 0 aromatic heterocycles. The van der Waals surface area contributed by atoms with Crippen molar-refractivity contribution in [1.29, 1.82) is 0 Å².